The van der Waals surface area contributed by atoms with Gasteiger partial charge in [0.25, 0.3) is 0 Å². The van der Waals surface area contributed by atoms with E-state index in [1.165, 1.54) is 32.1 Å². The van der Waals surface area contributed by atoms with E-state index in [1.54, 1.807) is 5.57 Å². The SMILES string of the molecule is C=CCCCCC(=CC)CC. The molecule has 0 atom stereocenters. The van der Waals surface area contributed by atoms with E-state index in [2.05, 4.69) is 26.5 Å². The molecule has 0 aromatic heterocycles. The van der Waals surface area contributed by atoms with E-state index in [4.69, 9.17) is 0 Å². The molecule has 0 unspecified atom stereocenters. The predicted octanol–water partition coefficient (Wildman–Crippen LogP) is 4.09. The van der Waals surface area contributed by atoms with Crippen molar-refractivity contribution in [2.45, 2.75) is 46.0 Å². The molecule has 0 aliphatic carbocycles. The molecular formula is C11H20. The van der Waals surface area contributed by atoms with Gasteiger partial charge in [-0.1, -0.05) is 24.6 Å². The van der Waals surface area contributed by atoms with Crippen LogP contribution in [0.4, 0.5) is 0 Å². The van der Waals surface area contributed by atoms with Crippen LogP contribution >= 0.6 is 0 Å². The van der Waals surface area contributed by atoms with Crippen molar-refractivity contribution >= 4 is 0 Å². The molecule has 11 heavy (non-hydrogen) atoms. The first-order valence-corrected chi connectivity index (χ1v) is 4.60. The fraction of sp³-hybridized carbons (Fsp3) is 0.636. The zero-order valence-electron chi connectivity index (χ0n) is 7.90. The average molecular weight is 152 g/mol. The highest BCUT2D eigenvalue weighted by atomic mass is 14.0. The maximum atomic E-state index is 3.70. The fourth-order valence-electron chi connectivity index (χ4n) is 1.17. The molecule has 0 aromatic rings. The summed E-state index contributed by atoms with van der Waals surface area (Å²) in [6.07, 6.45) is 10.5. The molecule has 0 saturated carbocycles. The summed E-state index contributed by atoms with van der Waals surface area (Å²) in [6, 6.07) is 0. The summed E-state index contributed by atoms with van der Waals surface area (Å²) < 4.78 is 0. The third-order valence-corrected chi connectivity index (χ3v) is 2.02. The molecule has 0 heteroatoms. The van der Waals surface area contributed by atoms with Gasteiger partial charge in [0.2, 0.25) is 0 Å². The Balaban J connectivity index is 3.29. The van der Waals surface area contributed by atoms with E-state index in [0.717, 1.165) is 0 Å². The molecule has 0 N–H and O–H groups in total. The predicted molar refractivity (Wildman–Crippen MR) is 52.7 cm³/mol. The van der Waals surface area contributed by atoms with E-state index >= 15 is 0 Å². The zero-order chi connectivity index (χ0) is 8.53. The molecule has 0 aliphatic rings. The van der Waals surface area contributed by atoms with Crippen molar-refractivity contribution in [3.05, 3.63) is 24.3 Å². The van der Waals surface area contributed by atoms with Gasteiger partial charge in [-0.2, -0.15) is 0 Å². The van der Waals surface area contributed by atoms with Crippen LogP contribution in [0.3, 0.4) is 0 Å². The quantitative estimate of drug-likeness (QED) is 0.397. The Labute approximate surface area is 71.0 Å². The molecule has 0 aliphatic heterocycles. The topological polar surface area (TPSA) is 0 Å². The summed E-state index contributed by atoms with van der Waals surface area (Å²) >= 11 is 0. The van der Waals surface area contributed by atoms with Crippen molar-refractivity contribution in [2.75, 3.05) is 0 Å². The molecule has 0 radical (unpaired) electrons. The largest absolute Gasteiger partial charge is 0.103 e. The molecule has 0 aromatic carbocycles. The molecule has 0 amide bonds. The van der Waals surface area contributed by atoms with Crippen LogP contribution in [0.5, 0.6) is 0 Å². The summed E-state index contributed by atoms with van der Waals surface area (Å²) in [5, 5.41) is 0. The van der Waals surface area contributed by atoms with Crippen molar-refractivity contribution in [1.29, 1.82) is 0 Å². The van der Waals surface area contributed by atoms with Crippen LogP contribution < -0.4 is 0 Å². The van der Waals surface area contributed by atoms with E-state index in [-0.39, 0.29) is 0 Å². The Kier molecular flexibility index (Phi) is 7.23. The number of hydrogen-bond acceptors (Lipinski definition) is 0. The first-order valence-electron chi connectivity index (χ1n) is 4.60. The Morgan fingerprint density at radius 2 is 2.09 bits per heavy atom. The first kappa shape index (κ1) is 10.5. The molecule has 0 rings (SSSR count). The van der Waals surface area contributed by atoms with Crippen LogP contribution in [-0.2, 0) is 0 Å². The summed E-state index contributed by atoms with van der Waals surface area (Å²) in [7, 11) is 0. The molecule has 64 valence electrons. The second-order valence-electron chi connectivity index (χ2n) is 2.83. The van der Waals surface area contributed by atoms with Gasteiger partial charge in [0, 0.05) is 0 Å². The Bertz CT molecular complexity index is 120. The monoisotopic (exact) mass is 152 g/mol. The van der Waals surface area contributed by atoms with Crippen molar-refractivity contribution in [3.8, 4) is 0 Å². The zero-order valence-corrected chi connectivity index (χ0v) is 7.90. The van der Waals surface area contributed by atoms with Crippen LogP contribution in [0.15, 0.2) is 24.3 Å². The van der Waals surface area contributed by atoms with Gasteiger partial charge in [-0.25, -0.2) is 0 Å². The molecular weight excluding hydrogens is 132 g/mol. The van der Waals surface area contributed by atoms with E-state index in [1.807, 2.05) is 6.08 Å². The molecule has 0 nitrogen and oxygen atoms in total. The lowest BCUT2D eigenvalue weighted by molar-refractivity contribution is 0.727. The summed E-state index contributed by atoms with van der Waals surface area (Å²) in [4.78, 5) is 0. The third-order valence-electron chi connectivity index (χ3n) is 2.02. The Morgan fingerprint density at radius 3 is 2.55 bits per heavy atom. The second-order valence-corrected chi connectivity index (χ2v) is 2.83. The van der Waals surface area contributed by atoms with Gasteiger partial charge in [-0.05, 0) is 39.0 Å². The maximum Gasteiger partial charge on any atom is -0.0320 e. The molecule has 0 bridgehead atoms. The average Bonchev–Trinajstić information content (AvgIpc) is 2.05. The highest BCUT2D eigenvalue weighted by molar-refractivity contribution is 4.98. The minimum absolute atomic E-state index is 1.17. The maximum absolute atomic E-state index is 3.70. The number of allylic oxidation sites excluding steroid dienone is 3. The summed E-state index contributed by atoms with van der Waals surface area (Å²) in [5.74, 6) is 0. The van der Waals surface area contributed by atoms with Gasteiger partial charge < -0.3 is 0 Å². The van der Waals surface area contributed by atoms with Gasteiger partial charge in [0.05, 0.1) is 0 Å². The van der Waals surface area contributed by atoms with Gasteiger partial charge in [0.1, 0.15) is 0 Å². The lowest BCUT2D eigenvalue weighted by atomic mass is 10.1. The number of hydrogen-bond donors (Lipinski definition) is 0. The summed E-state index contributed by atoms with van der Waals surface area (Å²) in [5.41, 5.74) is 1.59. The van der Waals surface area contributed by atoms with Crippen LogP contribution in [0.1, 0.15) is 46.0 Å². The van der Waals surface area contributed by atoms with Crippen molar-refractivity contribution in [3.63, 3.8) is 0 Å². The van der Waals surface area contributed by atoms with Gasteiger partial charge >= 0.3 is 0 Å². The minimum Gasteiger partial charge on any atom is -0.103 e. The minimum atomic E-state index is 1.17. The third kappa shape index (κ3) is 5.90. The van der Waals surface area contributed by atoms with E-state index in [9.17, 15) is 0 Å². The fourth-order valence-corrected chi connectivity index (χ4v) is 1.17. The highest BCUT2D eigenvalue weighted by Crippen LogP contribution is 2.11. The number of unbranched alkanes of at least 4 members (excludes halogenated alkanes) is 2. The van der Waals surface area contributed by atoms with Gasteiger partial charge in [-0.15, -0.1) is 6.58 Å². The lowest BCUT2D eigenvalue weighted by Crippen LogP contribution is -1.81. The van der Waals surface area contributed by atoms with E-state index in [0.29, 0.717) is 0 Å². The molecule has 0 fully saturated rings. The van der Waals surface area contributed by atoms with Gasteiger partial charge in [0.15, 0.2) is 0 Å². The molecule has 0 spiro atoms. The molecule has 0 heterocycles. The van der Waals surface area contributed by atoms with Crippen LogP contribution in [0.2, 0.25) is 0 Å². The Morgan fingerprint density at radius 1 is 1.36 bits per heavy atom. The first-order chi connectivity index (χ1) is 5.35. The second kappa shape index (κ2) is 7.59. The van der Waals surface area contributed by atoms with E-state index < -0.39 is 0 Å². The highest BCUT2D eigenvalue weighted by Gasteiger charge is 1.91. The normalized spacial score (nSPS) is 11.6. The smallest absolute Gasteiger partial charge is 0.0320 e. The lowest BCUT2D eigenvalue weighted by Gasteiger charge is -2.01. The van der Waals surface area contributed by atoms with Crippen LogP contribution in [0, 0.1) is 0 Å². The van der Waals surface area contributed by atoms with Crippen molar-refractivity contribution < 1.29 is 0 Å². The standard InChI is InChI=1S/C11H20/c1-4-7-8-9-10-11(5-2)6-3/h4-5H,1,6-10H2,2-3H3. The van der Waals surface area contributed by atoms with Crippen LogP contribution in [0.25, 0.3) is 0 Å². The molecule has 0 saturated heterocycles. The number of rotatable bonds is 6. The van der Waals surface area contributed by atoms with Gasteiger partial charge in [-0.3, -0.25) is 0 Å². The van der Waals surface area contributed by atoms with Crippen LogP contribution in [-0.4, -0.2) is 0 Å². The van der Waals surface area contributed by atoms with Crippen molar-refractivity contribution in [1.82, 2.24) is 0 Å². The van der Waals surface area contributed by atoms with Crippen molar-refractivity contribution in [2.24, 2.45) is 0 Å². The Hall–Kier alpha value is -0.520. The summed E-state index contributed by atoms with van der Waals surface area (Å²) in [6.45, 7) is 8.06.